The molecule has 1 aliphatic heterocycles. The van der Waals surface area contributed by atoms with Gasteiger partial charge in [0.15, 0.2) is 0 Å². The molecule has 0 spiro atoms. The van der Waals surface area contributed by atoms with Crippen LogP contribution in [-0.2, 0) is 0 Å². The standard InChI is InChI=1S/C16H11N3O5/c1-8-9(4-3-7-12(8)19(23)24)14(20)18-15(21)10-5-2-6-11(17)13(10)16(18)22/h2-7H,17H2,1H3. The Hall–Kier alpha value is -3.55. The summed E-state index contributed by atoms with van der Waals surface area (Å²) in [5.74, 6) is -2.54. The van der Waals surface area contributed by atoms with E-state index in [0.717, 1.165) is 0 Å². The largest absolute Gasteiger partial charge is 0.398 e. The molecule has 3 rings (SSSR count). The summed E-state index contributed by atoms with van der Waals surface area (Å²) in [6, 6.07) is 8.26. The van der Waals surface area contributed by atoms with Gasteiger partial charge in [0.1, 0.15) is 0 Å². The quantitative estimate of drug-likeness (QED) is 0.389. The second kappa shape index (κ2) is 5.27. The predicted molar refractivity (Wildman–Crippen MR) is 83.5 cm³/mol. The number of benzene rings is 2. The van der Waals surface area contributed by atoms with Crippen molar-refractivity contribution < 1.29 is 19.3 Å². The molecule has 0 saturated heterocycles. The Labute approximate surface area is 135 Å². The van der Waals surface area contributed by atoms with Gasteiger partial charge in [-0.1, -0.05) is 12.1 Å². The smallest absolute Gasteiger partial charge is 0.273 e. The molecule has 8 nitrogen and oxygen atoms in total. The van der Waals surface area contributed by atoms with E-state index >= 15 is 0 Å². The van der Waals surface area contributed by atoms with Gasteiger partial charge >= 0.3 is 0 Å². The summed E-state index contributed by atoms with van der Waals surface area (Å²) in [7, 11) is 0. The first-order valence-electron chi connectivity index (χ1n) is 6.90. The van der Waals surface area contributed by atoms with Crippen LogP contribution in [-0.4, -0.2) is 27.5 Å². The van der Waals surface area contributed by atoms with Crippen LogP contribution in [0.2, 0.25) is 0 Å². The Balaban J connectivity index is 2.09. The van der Waals surface area contributed by atoms with Gasteiger partial charge in [0.2, 0.25) is 0 Å². The van der Waals surface area contributed by atoms with Crippen LogP contribution in [0.5, 0.6) is 0 Å². The number of hydrogen-bond donors (Lipinski definition) is 1. The minimum absolute atomic E-state index is 0.0288. The van der Waals surface area contributed by atoms with Crippen molar-refractivity contribution >= 4 is 29.1 Å². The van der Waals surface area contributed by atoms with E-state index in [4.69, 9.17) is 5.73 Å². The van der Waals surface area contributed by atoms with Gasteiger partial charge in [-0.05, 0) is 25.1 Å². The van der Waals surface area contributed by atoms with Crippen molar-refractivity contribution in [1.29, 1.82) is 0 Å². The zero-order chi connectivity index (χ0) is 17.6. The van der Waals surface area contributed by atoms with Crippen molar-refractivity contribution in [3.8, 4) is 0 Å². The molecule has 0 fully saturated rings. The number of imide groups is 3. The fourth-order valence-corrected chi connectivity index (χ4v) is 2.67. The molecule has 0 aromatic heterocycles. The van der Waals surface area contributed by atoms with Crippen molar-refractivity contribution in [2.45, 2.75) is 6.92 Å². The molecule has 0 bridgehead atoms. The number of carbonyl (C=O) groups excluding carboxylic acids is 3. The van der Waals surface area contributed by atoms with Crippen LogP contribution in [0.15, 0.2) is 36.4 Å². The molecule has 0 aliphatic carbocycles. The van der Waals surface area contributed by atoms with Crippen LogP contribution in [0.1, 0.15) is 36.6 Å². The van der Waals surface area contributed by atoms with Gasteiger partial charge < -0.3 is 5.73 Å². The van der Waals surface area contributed by atoms with Crippen LogP contribution in [0, 0.1) is 17.0 Å². The number of anilines is 1. The van der Waals surface area contributed by atoms with Crippen molar-refractivity contribution in [3.63, 3.8) is 0 Å². The van der Waals surface area contributed by atoms with E-state index in [9.17, 15) is 24.5 Å². The average molecular weight is 325 g/mol. The SMILES string of the molecule is Cc1c(C(=O)N2C(=O)c3cccc(N)c3C2=O)cccc1[N+](=O)[O-]. The maximum Gasteiger partial charge on any atom is 0.273 e. The van der Waals surface area contributed by atoms with E-state index in [-0.39, 0.29) is 33.6 Å². The number of rotatable bonds is 2. The average Bonchev–Trinajstić information content (AvgIpc) is 2.79. The lowest BCUT2D eigenvalue weighted by atomic mass is 10.1. The zero-order valence-electron chi connectivity index (χ0n) is 12.5. The Bertz CT molecular complexity index is 935. The molecule has 0 atom stereocenters. The Morgan fingerprint density at radius 1 is 1.12 bits per heavy atom. The van der Waals surface area contributed by atoms with E-state index in [0.29, 0.717) is 4.90 Å². The van der Waals surface area contributed by atoms with Gasteiger partial charge in [0.25, 0.3) is 23.4 Å². The summed E-state index contributed by atoms with van der Waals surface area (Å²) in [5.41, 5.74) is 5.55. The summed E-state index contributed by atoms with van der Waals surface area (Å²) in [5, 5.41) is 11.0. The fourth-order valence-electron chi connectivity index (χ4n) is 2.67. The summed E-state index contributed by atoms with van der Waals surface area (Å²) in [6.45, 7) is 1.39. The molecule has 0 unspecified atom stereocenters. The summed E-state index contributed by atoms with van der Waals surface area (Å²) in [4.78, 5) is 48.3. The maximum atomic E-state index is 12.7. The first-order valence-corrected chi connectivity index (χ1v) is 6.90. The van der Waals surface area contributed by atoms with E-state index < -0.39 is 22.6 Å². The fraction of sp³-hybridized carbons (Fsp3) is 0.0625. The number of nitrogens with two attached hydrogens (primary N) is 1. The third kappa shape index (κ3) is 2.04. The molecule has 0 saturated carbocycles. The summed E-state index contributed by atoms with van der Waals surface area (Å²) < 4.78 is 0. The molecule has 8 heteroatoms. The van der Waals surface area contributed by atoms with E-state index in [1.807, 2.05) is 0 Å². The second-order valence-corrected chi connectivity index (χ2v) is 5.23. The van der Waals surface area contributed by atoms with Crippen LogP contribution < -0.4 is 5.73 Å². The highest BCUT2D eigenvalue weighted by atomic mass is 16.6. The highest BCUT2D eigenvalue weighted by molar-refractivity contribution is 6.32. The van der Waals surface area contributed by atoms with Crippen LogP contribution in [0.4, 0.5) is 11.4 Å². The lowest BCUT2D eigenvalue weighted by Crippen LogP contribution is -2.36. The number of nitrogen functional groups attached to an aromatic ring is 1. The monoisotopic (exact) mass is 325 g/mol. The Morgan fingerprint density at radius 2 is 1.79 bits per heavy atom. The van der Waals surface area contributed by atoms with Gasteiger partial charge in [-0.25, -0.2) is 4.90 Å². The molecule has 1 heterocycles. The summed E-state index contributed by atoms with van der Waals surface area (Å²) >= 11 is 0. The van der Waals surface area contributed by atoms with Crippen molar-refractivity contribution in [1.82, 2.24) is 4.90 Å². The molecule has 2 aromatic carbocycles. The zero-order valence-corrected chi connectivity index (χ0v) is 12.5. The van der Waals surface area contributed by atoms with E-state index in [1.54, 1.807) is 0 Å². The lowest BCUT2D eigenvalue weighted by molar-refractivity contribution is -0.385. The highest BCUT2D eigenvalue weighted by Gasteiger charge is 2.42. The van der Waals surface area contributed by atoms with Crippen LogP contribution >= 0.6 is 0 Å². The third-order valence-corrected chi connectivity index (χ3v) is 3.88. The highest BCUT2D eigenvalue weighted by Crippen LogP contribution is 2.30. The molecule has 24 heavy (non-hydrogen) atoms. The number of amides is 3. The maximum absolute atomic E-state index is 12.7. The van der Waals surface area contributed by atoms with Crippen LogP contribution in [0.3, 0.4) is 0 Å². The molecular formula is C16H11N3O5. The molecule has 1 aliphatic rings. The number of nitrogens with zero attached hydrogens (tertiary/aromatic N) is 2. The lowest BCUT2D eigenvalue weighted by Gasteiger charge is -2.13. The predicted octanol–water partition coefficient (Wildman–Crippen LogP) is 1.92. The van der Waals surface area contributed by atoms with E-state index in [1.165, 1.54) is 43.3 Å². The number of hydrogen-bond acceptors (Lipinski definition) is 6. The minimum Gasteiger partial charge on any atom is -0.398 e. The molecule has 2 aromatic rings. The minimum atomic E-state index is -0.915. The van der Waals surface area contributed by atoms with Crippen molar-refractivity contribution in [3.05, 3.63) is 68.8 Å². The van der Waals surface area contributed by atoms with Crippen molar-refractivity contribution in [2.24, 2.45) is 0 Å². The molecule has 2 N–H and O–H groups in total. The molecule has 3 amide bonds. The third-order valence-electron chi connectivity index (χ3n) is 3.88. The first kappa shape index (κ1) is 15.3. The van der Waals surface area contributed by atoms with Gasteiger partial charge in [-0.15, -0.1) is 0 Å². The first-order chi connectivity index (χ1) is 11.3. The van der Waals surface area contributed by atoms with Gasteiger partial charge in [-0.3, -0.25) is 24.5 Å². The normalized spacial score (nSPS) is 13.1. The second-order valence-electron chi connectivity index (χ2n) is 5.23. The molecule has 0 radical (unpaired) electrons. The van der Waals surface area contributed by atoms with Crippen LogP contribution in [0.25, 0.3) is 0 Å². The molecular weight excluding hydrogens is 314 g/mol. The number of carbonyl (C=O) groups is 3. The van der Waals surface area contributed by atoms with E-state index in [2.05, 4.69) is 0 Å². The Morgan fingerprint density at radius 3 is 2.42 bits per heavy atom. The van der Waals surface area contributed by atoms with Gasteiger partial charge in [-0.2, -0.15) is 0 Å². The summed E-state index contributed by atoms with van der Waals surface area (Å²) in [6.07, 6.45) is 0. The Kier molecular flexibility index (Phi) is 3.37. The number of nitro groups is 1. The van der Waals surface area contributed by atoms with Crippen molar-refractivity contribution in [2.75, 3.05) is 5.73 Å². The number of nitro benzene ring substituents is 1. The number of fused-ring (bicyclic) bond motifs is 1. The van der Waals surface area contributed by atoms with Gasteiger partial charge in [0.05, 0.1) is 21.6 Å². The topological polar surface area (TPSA) is 124 Å². The van der Waals surface area contributed by atoms with Gasteiger partial charge in [0, 0.05) is 17.3 Å². The molecule has 120 valence electrons.